The van der Waals surface area contributed by atoms with E-state index in [0.29, 0.717) is 0 Å². The number of carbonyl (C=O) groups excluding carboxylic acids is 1. The minimum absolute atomic E-state index is 0.146. The third kappa shape index (κ3) is 3.55. The van der Waals surface area contributed by atoms with E-state index in [-0.39, 0.29) is 12.3 Å². The van der Waals surface area contributed by atoms with Crippen LogP contribution in [0.15, 0.2) is 52.4 Å². The number of thioether (sulfide) groups is 1. The van der Waals surface area contributed by atoms with Gasteiger partial charge in [-0.05, 0) is 42.2 Å². The topological polar surface area (TPSA) is 43.6 Å². The summed E-state index contributed by atoms with van der Waals surface area (Å²) in [5.41, 5.74) is 2.02. The predicted molar refractivity (Wildman–Crippen MR) is 99.8 cm³/mol. The maximum Gasteiger partial charge on any atom is 0.252 e. The van der Waals surface area contributed by atoms with Crippen LogP contribution in [0.2, 0.25) is 0 Å². The summed E-state index contributed by atoms with van der Waals surface area (Å²) in [6.07, 6.45) is 2.34. The summed E-state index contributed by atoms with van der Waals surface area (Å²) in [6.45, 7) is 0. The van der Waals surface area contributed by atoms with E-state index in [9.17, 15) is 4.79 Å². The van der Waals surface area contributed by atoms with Crippen LogP contribution in [0.3, 0.4) is 0 Å². The van der Waals surface area contributed by atoms with Gasteiger partial charge in [-0.15, -0.1) is 11.8 Å². The highest BCUT2D eigenvalue weighted by molar-refractivity contribution is 7.98. The minimum atomic E-state index is -0.146. The van der Waals surface area contributed by atoms with Crippen LogP contribution in [-0.4, -0.2) is 23.8 Å². The van der Waals surface area contributed by atoms with Crippen LogP contribution >= 0.6 is 23.1 Å². The summed E-state index contributed by atoms with van der Waals surface area (Å²) >= 11 is 3.25. The zero-order chi connectivity index (χ0) is 17.1. The monoisotopic (exact) mass is 358 g/mol. The molecule has 1 heterocycles. The third-order valence-electron chi connectivity index (χ3n) is 3.75. The minimum Gasteiger partial charge on any atom is -0.497 e. The molecule has 0 fully saturated rings. The Morgan fingerprint density at radius 1 is 1.25 bits per heavy atom. The number of hydrogen-bond donors (Lipinski definition) is 0. The van der Waals surface area contributed by atoms with Gasteiger partial charge in [-0.1, -0.05) is 23.5 Å². The van der Waals surface area contributed by atoms with Gasteiger partial charge in [0.05, 0.1) is 23.7 Å². The molecule has 3 aromatic rings. The number of methoxy groups -OCH3 is 1. The van der Waals surface area contributed by atoms with Gasteiger partial charge in [-0.25, -0.2) is 0 Å². The fourth-order valence-electron chi connectivity index (χ4n) is 2.41. The number of aryl methyl sites for hydroxylation is 1. The number of amides is 1. The van der Waals surface area contributed by atoms with Gasteiger partial charge in [0.25, 0.3) is 5.91 Å². The zero-order valence-electron chi connectivity index (χ0n) is 13.8. The Kier molecular flexibility index (Phi) is 5.06. The quantitative estimate of drug-likeness (QED) is 0.669. The van der Waals surface area contributed by atoms with Gasteiger partial charge in [0, 0.05) is 11.9 Å². The van der Waals surface area contributed by atoms with Crippen molar-refractivity contribution in [3.63, 3.8) is 0 Å². The second-order valence-corrected chi connectivity index (χ2v) is 7.20. The molecule has 0 aliphatic heterocycles. The summed E-state index contributed by atoms with van der Waals surface area (Å²) in [6, 6.07) is 13.8. The van der Waals surface area contributed by atoms with Crippen molar-refractivity contribution in [3.8, 4) is 5.75 Å². The SMILES string of the molecule is COc1ccc(CC(=O)N=c2sc3cc(SC)ccc3n2C)cc1. The van der Waals surface area contributed by atoms with Crippen molar-refractivity contribution >= 4 is 39.2 Å². The van der Waals surface area contributed by atoms with Crippen LogP contribution in [0.5, 0.6) is 5.75 Å². The van der Waals surface area contributed by atoms with Crippen molar-refractivity contribution in [2.75, 3.05) is 13.4 Å². The second-order valence-electron chi connectivity index (χ2n) is 5.31. The molecule has 0 N–H and O–H groups in total. The lowest BCUT2D eigenvalue weighted by molar-refractivity contribution is -0.117. The summed E-state index contributed by atoms with van der Waals surface area (Å²) in [5.74, 6) is 0.635. The highest BCUT2D eigenvalue weighted by Gasteiger charge is 2.07. The number of nitrogens with zero attached hydrogens (tertiary/aromatic N) is 2. The number of aromatic nitrogens is 1. The van der Waals surface area contributed by atoms with E-state index in [1.54, 1.807) is 30.2 Å². The number of fused-ring (bicyclic) bond motifs is 1. The van der Waals surface area contributed by atoms with E-state index in [1.807, 2.05) is 35.9 Å². The van der Waals surface area contributed by atoms with E-state index >= 15 is 0 Å². The van der Waals surface area contributed by atoms with Crippen LogP contribution in [0, 0.1) is 0 Å². The van der Waals surface area contributed by atoms with Gasteiger partial charge in [0.1, 0.15) is 5.75 Å². The molecule has 0 atom stereocenters. The zero-order valence-corrected chi connectivity index (χ0v) is 15.4. The number of benzene rings is 2. The predicted octanol–water partition coefficient (Wildman–Crippen LogP) is 3.64. The highest BCUT2D eigenvalue weighted by Crippen LogP contribution is 2.23. The third-order valence-corrected chi connectivity index (χ3v) is 5.57. The molecule has 3 rings (SSSR count). The largest absolute Gasteiger partial charge is 0.497 e. The maximum absolute atomic E-state index is 12.3. The molecule has 6 heteroatoms. The summed E-state index contributed by atoms with van der Waals surface area (Å²) in [4.78, 5) is 18.5. The van der Waals surface area contributed by atoms with Gasteiger partial charge in [-0.3, -0.25) is 4.79 Å². The first-order valence-corrected chi connectivity index (χ1v) is 9.49. The van der Waals surface area contributed by atoms with Gasteiger partial charge in [0.15, 0.2) is 4.80 Å². The molecule has 0 aliphatic carbocycles. The van der Waals surface area contributed by atoms with Crippen LogP contribution in [-0.2, 0) is 18.3 Å². The first-order chi connectivity index (χ1) is 11.6. The molecule has 0 saturated carbocycles. The van der Waals surface area contributed by atoms with Gasteiger partial charge >= 0.3 is 0 Å². The second kappa shape index (κ2) is 7.23. The highest BCUT2D eigenvalue weighted by atomic mass is 32.2. The van der Waals surface area contributed by atoms with Crippen molar-refractivity contribution in [3.05, 3.63) is 52.8 Å². The lowest BCUT2D eigenvalue weighted by Crippen LogP contribution is -2.14. The maximum atomic E-state index is 12.3. The van der Waals surface area contributed by atoms with Crippen molar-refractivity contribution in [1.82, 2.24) is 4.57 Å². The number of rotatable bonds is 4. The van der Waals surface area contributed by atoms with E-state index < -0.39 is 0 Å². The van der Waals surface area contributed by atoms with Gasteiger partial charge in [-0.2, -0.15) is 4.99 Å². The van der Waals surface area contributed by atoms with E-state index in [1.165, 1.54) is 4.90 Å². The summed E-state index contributed by atoms with van der Waals surface area (Å²) in [7, 11) is 3.57. The molecule has 0 saturated heterocycles. The fraction of sp³-hybridized carbons (Fsp3) is 0.222. The number of thiazole rings is 1. The van der Waals surface area contributed by atoms with Crippen LogP contribution < -0.4 is 9.54 Å². The molecule has 1 amide bonds. The summed E-state index contributed by atoms with van der Waals surface area (Å²) < 4.78 is 8.23. The number of hydrogen-bond acceptors (Lipinski definition) is 4. The smallest absolute Gasteiger partial charge is 0.252 e. The Labute approximate surface area is 148 Å². The normalized spacial score (nSPS) is 11.9. The van der Waals surface area contributed by atoms with Gasteiger partial charge < -0.3 is 9.30 Å². The molecular formula is C18H18N2O2S2. The molecule has 124 valence electrons. The molecule has 2 aromatic carbocycles. The Bertz CT molecular complexity index is 940. The lowest BCUT2D eigenvalue weighted by Gasteiger charge is -2.01. The Morgan fingerprint density at radius 3 is 2.67 bits per heavy atom. The molecule has 1 aromatic heterocycles. The van der Waals surface area contributed by atoms with Crippen molar-refractivity contribution in [1.29, 1.82) is 0 Å². The molecule has 0 unspecified atom stereocenters. The Hall–Kier alpha value is -2.05. The fourth-order valence-corrected chi connectivity index (χ4v) is 4.00. The Balaban J connectivity index is 1.87. The van der Waals surface area contributed by atoms with Crippen molar-refractivity contribution in [2.24, 2.45) is 12.0 Å². The average Bonchev–Trinajstić information content (AvgIpc) is 2.90. The molecule has 0 spiro atoms. The molecule has 0 bridgehead atoms. The Morgan fingerprint density at radius 2 is 2.00 bits per heavy atom. The standard InChI is InChI=1S/C18H18N2O2S2/c1-20-15-9-8-14(23-3)11-16(15)24-18(20)19-17(21)10-12-4-6-13(22-2)7-5-12/h4-9,11H,10H2,1-3H3. The first kappa shape index (κ1) is 16.8. The van der Waals surface area contributed by atoms with Crippen molar-refractivity contribution < 1.29 is 9.53 Å². The molecule has 0 radical (unpaired) electrons. The number of ether oxygens (including phenoxy) is 1. The summed E-state index contributed by atoms with van der Waals surface area (Å²) in [5, 5.41) is 0. The van der Waals surface area contributed by atoms with E-state index in [4.69, 9.17) is 4.74 Å². The molecular weight excluding hydrogens is 340 g/mol. The average molecular weight is 358 g/mol. The van der Waals surface area contributed by atoms with Crippen molar-refractivity contribution in [2.45, 2.75) is 11.3 Å². The first-order valence-electron chi connectivity index (χ1n) is 7.45. The van der Waals surface area contributed by atoms with Crippen LogP contribution in [0.25, 0.3) is 10.2 Å². The molecule has 24 heavy (non-hydrogen) atoms. The van der Waals surface area contributed by atoms with Crippen LogP contribution in [0.4, 0.5) is 0 Å². The van der Waals surface area contributed by atoms with E-state index in [2.05, 4.69) is 29.4 Å². The molecule has 4 nitrogen and oxygen atoms in total. The van der Waals surface area contributed by atoms with E-state index in [0.717, 1.165) is 26.3 Å². The number of carbonyl (C=O) groups is 1. The lowest BCUT2D eigenvalue weighted by atomic mass is 10.1. The molecule has 0 aliphatic rings. The van der Waals surface area contributed by atoms with Gasteiger partial charge in [0.2, 0.25) is 0 Å². The van der Waals surface area contributed by atoms with Crippen LogP contribution in [0.1, 0.15) is 5.56 Å².